The third-order valence-corrected chi connectivity index (χ3v) is 6.08. The second-order valence-electron chi connectivity index (χ2n) is 8.16. The lowest BCUT2D eigenvalue weighted by Gasteiger charge is -2.66. The fraction of sp³-hybridized carbons (Fsp3) is 0.875. The van der Waals surface area contributed by atoms with Gasteiger partial charge in [0, 0.05) is 18.4 Å². The van der Waals surface area contributed by atoms with E-state index in [1.807, 2.05) is 0 Å². The zero-order chi connectivity index (χ0) is 15.3. The highest BCUT2D eigenvalue weighted by atomic mass is 16.4. The molecule has 4 aliphatic carbocycles. The van der Waals surface area contributed by atoms with Crippen LogP contribution in [0.15, 0.2) is 0 Å². The fourth-order valence-corrected chi connectivity index (χ4v) is 6.23. The molecule has 4 saturated carbocycles. The van der Waals surface area contributed by atoms with Crippen molar-refractivity contribution in [2.75, 3.05) is 0 Å². The largest absolute Gasteiger partial charge is 0.481 e. The van der Waals surface area contributed by atoms with Crippen molar-refractivity contribution in [2.45, 2.75) is 69.7 Å². The van der Waals surface area contributed by atoms with Crippen molar-refractivity contribution in [1.29, 1.82) is 0 Å². The minimum absolute atomic E-state index is 0.0467. The van der Waals surface area contributed by atoms with Gasteiger partial charge in [0.05, 0.1) is 0 Å². The molecule has 21 heavy (non-hydrogen) atoms. The molecule has 5 heteroatoms. The van der Waals surface area contributed by atoms with Gasteiger partial charge in [0.15, 0.2) is 0 Å². The number of nitrogens with two attached hydrogens (primary N) is 1. The zero-order valence-corrected chi connectivity index (χ0v) is 12.4. The standard InChI is InChI=1S/C16H25NO4/c17-16-7-11-5-14(9-16,3-1-12(18)19)8-15(6-11,10-16)4-2-13(20)21/h11H,1-10,17H2,(H,18,19)(H,20,21)/t11?,14-,15+,16?. The van der Waals surface area contributed by atoms with Crippen LogP contribution < -0.4 is 5.73 Å². The van der Waals surface area contributed by atoms with Crippen LogP contribution in [0.1, 0.15) is 64.2 Å². The van der Waals surface area contributed by atoms with Crippen LogP contribution in [0, 0.1) is 16.7 Å². The topological polar surface area (TPSA) is 101 Å². The van der Waals surface area contributed by atoms with Crippen LogP contribution in [0.5, 0.6) is 0 Å². The van der Waals surface area contributed by atoms with E-state index in [4.69, 9.17) is 15.9 Å². The zero-order valence-electron chi connectivity index (χ0n) is 12.4. The molecule has 5 nitrogen and oxygen atoms in total. The van der Waals surface area contributed by atoms with Crippen molar-refractivity contribution >= 4 is 11.9 Å². The Kier molecular flexibility index (Phi) is 3.32. The van der Waals surface area contributed by atoms with E-state index in [2.05, 4.69) is 0 Å². The fourth-order valence-electron chi connectivity index (χ4n) is 6.23. The summed E-state index contributed by atoms with van der Waals surface area (Å²) in [5, 5.41) is 18.0. The Labute approximate surface area is 124 Å². The predicted octanol–water partition coefficient (Wildman–Crippen LogP) is 2.38. The van der Waals surface area contributed by atoms with Gasteiger partial charge in [-0.3, -0.25) is 9.59 Å². The lowest BCUT2D eigenvalue weighted by molar-refractivity contribution is -0.149. The molecular formula is C16H25NO4. The Bertz CT molecular complexity index is 441. The van der Waals surface area contributed by atoms with E-state index in [9.17, 15) is 9.59 Å². The summed E-state index contributed by atoms with van der Waals surface area (Å²) in [5.74, 6) is -0.915. The van der Waals surface area contributed by atoms with Gasteiger partial charge in [-0.15, -0.1) is 0 Å². The monoisotopic (exact) mass is 295 g/mol. The molecule has 0 spiro atoms. The normalized spacial score (nSPS) is 44.0. The van der Waals surface area contributed by atoms with Crippen LogP contribution in [0.2, 0.25) is 0 Å². The molecule has 0 aromatic carbocycles. The number of rotatable bonds is 6. The molecular weight excluding hydrogens is 270 g/mol. The molecule has 0 aromatic rings. The highest BCUT2D eigenvalue weighted by Crippen LogP contribution is 2.68. The van der Waals surface area contributed by atoms with E-state index >= 15 is 0 Å². The van der Waals surface area contributed by atoms with Gasteiger partial charge in [0.2, 0.25) is 0 Å². The number of aliphatic carboxylic acids is 2. The van der Waals surface area contributed by atoms with E-state index in [1.165, 1.54) is 0 Å². The number of carboxylic acids is 2. The molecule has 0 aliphatic heterocycles. The molecule has 0 heterocycles. The first-order valence-electron chi connectivity index (χ1n) is 7.97. The molecule has 4 atom stereocenters. The summed E-state index contributed by atoms with van der Waals surface area (Å²) >= 11 is 0. The third-order valence-electron chi connectivity index (χ3n) is 6.08. The summed E-state index contributed by atoms with van der Waals surface area (Å²) < 4.78 is 0. The van der Waals surface area contributed by atoms with Crippen molar-refractivity contribution in [3.05, 3.63) is 0 Å². The van der Waals surface area contributed by atoms with Crippen molar-refractivity contribution < 1.29 is 19.8 Å². The lowest BCUT2D eigenvalue weighted by atomic mass is 9.40. The van der Waals surface area contributed by atoms with Gasteiger partial charge in [-0.25, -0.2) is 0 Å². The molecule has 4 rings (SSSR count). The van der Waals surface area contributed by atoms with Gasteiger partial charge in [-0.2, -0.15) is 0 Å². The Morgan fingerprint density at radius 3 is 1.76 bits per heavy atom. The molecule has 0 aromatic heterocycles. The maximum atomic E-state index is 11.0. The smallest absolute Gasteiger partial charge is 0.303 e. The highest BCUT2D eigenvalue weighted by molar-refractivity contribution is 5.67. The van der Waals surface area contributed by atoms with Gasteiger partial charge in [0.1, 0.15) is 0 Å². The summed E-state index contributed by atoms with van der Waals surface area (Å²) in [7, 11) is 0. The first-order valence-corrected chi connectivity index (χ1v) is 7.97. The Morgan fingerprint density at radius 1 is 0.905 bits per heavy atom. The summed E-state index contributed by atoms with van der Waals surface area (Å²) in [6, 6.07) is 0. The van der Waals surface area contributed by atoms with Crippen LogP contribution in [-0.2, 0) is 9.59 Å². The second kappa shape index (κ2) is 4.70. The SMILES string of the molecule is NC12CC3C[C@@](CCC(=O)O)(C1)C[C@](CCC(=O)O)(C3)C2. The van der Waals surface area contributed by atoms with E-state index in [1.54, 1.807) is 0 Å². The van der Waals surface area contributed by atoms with Crippen molar-refractivity contribution in [3.63, 3.8) is 0 Å². The van der Waals surface area contributed by atoms with E-state index in [0.717, 1.165) is 38.5 Å². The van der Waals surface area contributed by atoms with Crippen LogP contribution >= 0.6 is 0 Å². The average molecular weight is 295 g/mol. The summed E-state index contributed by atoms with van der Waals surface area (Å²) in [5.41, 5.74) is 6.52. The Morgan fingerprint density at radius 2 is 1.38 bits per heavy atom. The number of hydrogen-bond acceptors (Lipinski definition) is 3. The first-order chi connectivity index (χ1) is 9.74. The maximum absolute atomic E-state index is 11.0. The molecule has 0 amide bonds. The number of carbonyl (C=O) groups is 2. The first kappa shape index (κ1) is 14.8. The summed E-state index contributed by atoms with van der Waals surface area (Å²) in [6.07, 6.45) is 7.88. The second-order valence-corrected chi connectivity index (χ2v) is 8.16. The van der Waals surface area contributed by atoms with Gasteiger partial charge >= 0.3 is 11.9 Å². The number of carboxylic acid groups (broad SMARTS) is 2. The van der Waals surface area contributed by atoms with Crippen molar-refractivity contribution in [1.82, 2.24) is 0 Å². The average Bonchev–Trinajstić information content (AvgIpc) is 2.31. The molecule has 4 fully saturated rings. The minimum atomic E-state index is -0.739. The Hall–Kier alpha value is -1.10. The molecule has 0 radical (unpaired) electrons. The summed E-state index contributed by atoms with van der Waals surface area (Å²) in [6.45, 7) is 0. The number of hydrogen-bond donors (Lipinski definition) is 3. The predicted molar refractivity (Wildman–Crippen MR) is 76.7 cm³/mol. The minimum Gasteiger partial charge on any atom is -0.481 e. The van der Waals surface area contributed by atoms with Crippen LogP contribution in [0.25, 0.3) is 0 Å². The molecule has 4 bridgehead atoms. The summed E-state index contributed by atoms with van der Waals surface area (Å²) in [4.78, 5) is 21.9. The van der Waals surface area contributed by atoms with E-state index in [0.29, 0.717) is 18.8 Å². The van der Waals surface area contributed by atoms with Gasteiger partial charge < -0.3 is 15.9 Å². The van der Waals surface area contributed by atoms with Crippen molar-refractivity contribution in [3.8, 4) is 0 Å². The molecule has 4 aliphatic rings. The van der Waals surface area contributed by atoms with Gasteiger partial charge in [-0.05, 0) is 68.1 Å². The maximum Gasteiger partial charge on any atom is 0.303 e. The van der Waals surface area contributed by atoms with Gasteiger partial charge in [-0.1, -0.05) is 0 Å². The molecule has 4 N–H and O–H groups in total. The van der Waals surface area contributed by atoms with Gasteiger partial charge in [0.25, 0.3) is 0 Å². The lowest BCUT2D eigenvalue weighted by Crippen LogP contribution is -2.63. The van der Waals surface area contributed by atoms with Crippen molar-refractivity contribution in [2.24, 2.45) is 22.5 Å². The Balaban J connectivity index is 1.81. The molecule has 2 unspecified atom stereocenters. The third kappa shape index (κ3) is 2.80. The van der Waals surface area contributed by atoms with Crippen LogP contribution in [0.4, 0.5) is 0 Å². The van der Waals surface area contributed by atoms with E-state index < -0.39 is 11.9 Å². The van der Waals surface area contributed by atoms with E-state index in [-0.39, 0.29) is 29.2 Å². The van der Waals surface area contributed by atoms with Crippen LogP contribution in [0.3, 0.4) is 0 Å². The quantitative estimate of drug-likeness (QED) is 0.698. The highest BCUT2D eigenvalue weighted by Gasteiger charge is 2.61. The molecule has 0 saturated heterocycles. The van der Waals surface area contributed by atoms with Crippen LogP contribution in [-0.4, -0.2) is 27.7 Å². The molecule has 118 valence electrons.